The molecule has 21 heavy (non-hydrogen) atoms. The Balaban J connectivity index is 1.78. The molecule has 3 rings (SSSR count). The lowest BCUT2D eigenvalue weighted by atomic mass is 9.77. The highest BCUT2D eigenvalue weighted by atomic mass is 35.5. The Morgan fingerprint density at radius 3 is 2.76 bits per heavy atom. The van der Waals surface area contributed by atoms with Crippen LogP contribution in [0.15, 0.2) is 12.1 Å². The Morgan fingerprint density at radius 2 is 2.10 bits per heavy atom. The molecule has 1 aliphatic heterocycles. The van der Waals surface area contributed by atoms with Crippen LogP contribution in [0.1, 0.15) is 44.7 Å². The van der Waals surface area contributed by atoms with E-state index in [-0.39, 0.29) is 5.41 Å². The molecule has 116 valence electrons. The van der Waals surface area contributed by atoms with Crippen molar-refractivity contribution in [1.82, 2.24) is 5.32 Å². The van der Waals surface area contributed by atoms with Crippen LogP contribution < -0.4 is 10.1 Å². The minimum Gasteiger partial charge on any atom is -0.493 e. The molecular formula is C18H26ClNO. The molecule has 0 saturated heterocycles. The molecule has 1 heterocycles. The van der Waals surface area contributed by atoms with E-state index in [1.165, 1.54) is 24.0 Å². The standard InChI is InChI=1S/C18H26ClNO/c1-18(2,3)14(11-20-16-4-5-16)8-13-10-15(19)9-12-6-7-21-17(12)13/h9-10,14,16,20H,4-8,11H2,1-3H3. The molecule has 1 fully saturated rings. The minimum absolute atomic E-state index is 0.274. The maximum Gasteiger partial charge on any atom is 0.125 e. The first-order chi connectivity index (χ1) is 9.93. The average molecular weight is 308 g/mol. The van der Waals surface area contributed by atoms with Crippen LogP contribution in [0.3, 0.4) is 0 Å². The fraction of sp³-hybridized carbons (Fsp3) is 0.667. The van der Waals surface area contributed by atoms with Gasteiger partial charge in [-0.15, -0.1) is 0 Å². The number of nitrogens with one attached hydrogen (secondary N) is 1. The summed E-state index contributed by atoms with van der Waals surface area (Å²) in [6, 6.07) is 4.92. The van der Waals surface area contributed by atoms with E-state index in [0.29, 0.717) is 5.92 Å². The molecule has 1 atom stereocenters. The third-order valence-electron chi connectivity index (χ3n) is 4.75. The van der Waals surface area contributed by atoms with Gasteiger partial charge in [0.05, 0.1) is 6.61 Å². The van der Waals surface area contributed by atoms with Gasteiger partial charge in [-0.3, -0.25) is 0 Å². The van der Waals surface area contributed by atoms with Crippen molar-refractivity contribution in [3.05, 3.63) is 28.3 Å². The second-order valence-electron chi connectivity index (χ2n) is 7.60. The second kappa shape index (κ2) is 5.81. The van der Waals surface area contributed by atoms with E-state index in [4.69, 9.17) is 16.3 Å². The summed E-state index contributed by atoms with van der Waals surface area (Å²) in [5.74, 6) is 1.69. The summed E-state index contributed by atoms with van der Waals surface area (Å²) in [4.78, 5) is 0. The molecule has 2 aliphatic rings. The number of ether oxygens (including phenoxy) is 1. The van der Waals surface area contributed by atoms with Gasteiger partial charge in [0.25, 0.3) is 0 Å². The van der Waals surface area contributed by atoms with E-state index in [9.17, 15) is 0 Å². The van der Waals surface area contributed by atoms with Crippen molar-refractivity contribution in [3.8, 4) is 5.75 Å². The highest BCUT2D eigenvalue weighted by Crippen LogP contribution is 2.37. The zero-order valence-electron chi connectivity index (χ0n) is 13.3. The molecular weight excluding hydrogens is 282 g/mol. The highest BCUT2D eigenvalue weighted by molar-refractivity contribution is 6.30. The first kappa shape index (κ1) is 15.2. The highest BCUT2D eigenvalue weighted by Gasteiger charge is 2.30. The molecule has 1 saturated carbocycles. The van der Waals surface area contributed by atoms with E-state index in [2.05, 4.69) is 38.2 Å². The maximum atomic E-state index is 6.29. The molecule has 1 aliphatic carbocycles. The Bertz CT molecular complexity index is 517. The summed E-state index contributed by atoms with van der Waals surface area (Å²) in [6.45, 7) is 8.87. The summed E-state index contributed by atoms with van der Waals surface area (Å²) in [6.07, 6.45) is 4.70. The normalized spacial score (nSPS) is 19.2. The van der Waals surface area contributed by atoms with Crippen LogP contribution in [-0.4, -0.2) is 19.2 Å². The number of fused-ring (bicyclic) bond motifs is 1. The van der Waals surface area contributed by atoms with Gasteiger partial charge in [-0.05, 0) is 60.4 Å². The molecule has 1 unspecified atom stereocenters. The third-order valence-corrected chi connectivity index (χ3v) is 4.96. The SMILES string of the molecule is CC(C)(C)C(CNC1CC1)Cc1cc(Cl)cc2c1OCC2. The number of hydrogen-bond donors (Lipinski definition) is 1. The van der Waals surface area contributed by atoms with Crippen LogP contribution >= 0.6 is 11.6 Å². The number of benzene rings is 1. The molecule has 0 amide bonds. The van der Waals surface area contributed by atoms with E-state index < -0.39 is 0 Å². The lowest BCUT2D eigenvalue weighted by Crippen LogP contribution is -2.34. The average Bonchev–Trinajstić information content (AvgIpc) is 3.09. The molecule has 1 N–H and O–H groups in total. The van der Waals surface area contributed by atoms with Crippen molar-refractivity contribution in [1.29, 1.82) is 0 Å². The van der Waals surface area contributed by atoms with Crippen molar-refractivity contribution in [3.63, 3.8) is 0 Å². The second-order valence-corrected chi connectivity index (χ2v) is 8.04. The van der Waals surface area contributed by atoms with Gasteiger partial charge in [-0.25, -0.2) is 0 Å². The van der Waals surface area contributed by atoms with Crippen LogP contribution in [0.2, 0.25) is 5.02 Å². The van der Waals surface area contributed by atoms with Gasteiger partial charge in [0.1, 0.15) is 5.75 Å². The topological polar surface area (TPSA) is 21.3 Å². The van der Waals surface area contributed by atoms with Gasteiger partial charge in [0.15, 0.2) is 0 Å². The molecule has 1 aromatic rings. The third kappa shape index (κ3) is 3.73. The first-order valence-corrected chi connectivity index (χ1v) is 8.49. The summed E-state index contributed by atoms with van der Waals surface area (Å²) in [5, 5.41) is 4.54. The molecule has 3 heteroatoms. The Kier molecular flexibility index (Phi) is 4.20. The Hall–Kier alpha value is -0.730. The predicted octanol–water partition coefficient (Wildman–Crippen LogP) is 4.23. The van der Waals surface area contributed by atoms with Crippen LogP contribution in [0.25, 0.3) is 0 Å². The van der Waals surface area contributed by atoms with E-state index >= 15 is 0 Å². The van der Waals surface area contributed by atoms with Gasteiger partial charge in [0.2, 0.25) is 0 Å². The van der Waals surface area contributed by atoms with Gasteiger partial charge in [-0.2, -0.15) is 0 Å². The number of halogens is 1. The van der Waals surface area contributed by atoms with Gasteiger partial charge < -0.3 is 10.1 Å². The molecule has 0 aromatic heterocycles. The summed E-state index contributed by atoms with van der Waals surface area (Å²) < 4.78 is 5.86. The Morgan fingerprint density at radius 1 is 1.33 bits per heavy atom. The largest absolute Gasteiger partial charge is 0.493 e. The fourth-order valence-electron chi connectivity index (χ4n) is 3.04. The lowest BCUT2D eigenvalue weighted by molar-refractivity contribution is 0.228. The Labute approximate surface area is 133 Å². The molecule has 0 bridgehead atoms. The van der Waals surface area contributed by atoms with Crippen molar-refractivity contribution in [2.75, 3.05) is 13.2 Å². The number of rotatable bonds is 5. The van der Waals surface area contributed by atoms with E-state index in [0.717, 1.165) is 42.8 Å². The quantitative estimate of drug-likeness (QED) is 0.879. The zero-order chi connectivity index (χ0) is 15.0. The summed E-state index contributed by atoms with van der Waals surface area (Å²) in [7, 11) is 0. The molecule has 0 radical (unpaired) electrons. The van der Waals surface area contributed by atoms with Gasteiger partial charge >= 0.3 is 0 Å². The lowest BCUT2D eigenvalue weighted by Gasteiger charge is -2.31. The summed E-state index contributed by atoms with van der Waals surface area (Å²) >= 11 is 6.29. The molecule has 0 spiro atoms. The number of hydrogen-bond acceptors (Lipinski definition) is 2. The van der Waals surface area contributed by atoms with E-state index in [1.54, 1.807) is 0 Å². The summed E-state index contributed by atoms with van der Waals surface area (Å²) in [5.41, 5.74) is 2.84. The monoisotopic (exact) mass is 307 g/mol. The zero-order valence-corrected chi connectivity index (χ0v) is 14.1. The van der Waals surface area contributed by atoms with E-state index in [1.807, 2.05) is 0 Å². The van der Waals surface area contributed by atoms with Crippen molar-refractivity contribution in [2.24, 2.45) is 11.3 Å². The first-order valence-electron chi connectivity index (χ1n) is 8.11. The molecule has 2 nitrogen and oxygen atoms in total. The fourth-order valence-corrected chi connectivity index (χ4v) is 3.31. The predicted molar refractivity (Wildman–Crippen MR) is 88.3 cm³/mol. The van der Waals surface area contributed by atoms with Crippen molar-refractivity contribution >= 4 is 11.6 Å². The minimum atomic E-state index is 0.274. The van der Waals surface area contributed by atoms with Crippen molar-refractivity contribution in [2.45, 2.75) is 52.5 Å². The molecule has 1 aromatic carbocycles. The maximum absolute atomic E-state index is 6.29. The van der Waals surface area contributed by atoms with Gasteiger partial charge in [0, 0.05) is 17.5 Å². The van der Waals surface area contributed by atoms with Crippen molar-refractivity contribution < 1.29 is 4.74 Å². The van der Waals surface area contributed by atoms with Gasteiger partial charge in [-0.1, -0.05) is 32.4 Å². The van der Waals surface area contributed by atoms with Crippen LogP contribution in [0.5, 0.6) is 5.75 Å². The van der Waals surface area contributed by atoms with Crippen LogP contribution in [0.4, 0.5) is 0 Å². The van der Waals surface area contributed by atoms with Crippen LogP contribution in [0, 0.1) is 11.3 Å². The van der Waals surface area contributed by atoms with Crippen LogP contribution in [-0.2, 0) is 12.8 Å². The smallest absolute Gasteiger partial charge is 0.125 e.